The molecule has 1 aliphatic heterocycles. The molecule has 1 N–H and O–H groups in total. The summed E-state index contributed by atoms with van der Waals surface area (Å²) in [6, 6.07) is 14.6. The van der Waals surface area contributed by atoms with E-state index in [4.69, 9.17) is 49.0 Å². The fourth-order valence-corrected chi connectivity index (χ4v) is 5.25. The van der Waals surface area contributed by atoms with Crippen LogP contribution in [0.15, 0.2) is 59.5 Å². The van der Waals surface area contributed by atoms with Gasteiger partial charge in [0.05, 0.1) is 38.8 Å². The molecular formula is C30H25Cl3N2O7S. The smallest absolute Gasteiger partial charge is 0.339 e. The second-order valence-electron chi connectivity index (χ2n) is 8.91. The Morgan fingerprint density at radius 1 is 0.884 bits per heavy atom. The van der Waals surface area contributed by atoms with Crippen molar-refractivity contribution in [2.45, 2.75) is 20.5 Å². The Bertz CT molecular complexity index is 1610. The van der Waals surface area contributed by atoms with Gasteiger partial charge in [0.15, 0.2) is 11.5 Å². The van der Waals surface area contributed by atoms with Gasteiger partial charge in [0.2, 0.25) is 5.91 Å². The van der Waals surface area contributed by atoms with Crippen LogP contribution in [0.2, 0.25) is 15.1 Å². The van der Waals surface area contributed by atoms with Crippen molar-refractivity contribution < 1.29 is 33.4 Å². The number of rotatable bonds is 11. The first-order chi connectivity index (χ1) is 20.6. The molecule has 43 heavy (non-hydrogen) atoms. The quantitative estimate of drug-likeness (QED) is 0.166. The van der Waals surface area contributed by atoms with Crippen molar-refractivity contribution >= 4 is 81.4 Å². The van der Waals surface area contributed by atoms with Crippen molar-refractivity contribution in [1.29, 1.82) is 0 Å². The normalized spacial score (nSPS) is 13.8. The highest BCUT2D eigenvalue weighted by molar-refractivity contribution is 8.18. The molecule has 1 heterocycles. The van der Waals surface area contributed by atoms with Crippen LogP contribution in [-0.4, -0.2) is 47.7 Å². The number of esters is 1. The molecule has 1 fully saturated rings. The number of nitrogens with one attached hydrogen (secondary N) is 1. The molecule has 0 unspecified atom stereocenters. The van der Waals surface area contributed by atoms with Crippen LogP contribution in [0.3, 0.4) is 0 Å². The predicted molar refractivity (Wildman–Crippen MR) is 167 cm³/mol. The number of anilines is 1. The van der Waals surface area contributed by atoms with E-state index >= 15 is 0 Å². The first kappa shape index (κ1) is 32.2. The number of carbonyl (C=O) groups is 4. The lowest BCUT2D eigenvalue weighted by atomic mass is 10.1. The van der Waals surface area contributed by atoms with Crippen LogP contribution in [0.5, 0.6) is 11.5 Å². The zero-order valence-corrected chi connectivity index (χ0v) is 26.0. The molecule has 3 aromatic rings. The van der Waals surface area contributed by atoms with Gasteiger partial charge < -0.3 is 19.5 Å². The highest BCUT2D eigenvalue weighted by Gasteiger charge is 2.36. The maximum absolute atomic E-state index is 13.0. The minimum atomic E-state index is -0.641. The lowest BCUT2D eigenvalue weighted by molar-refractivity contribution is -0.127. The molecule has 0 bridgehead atoms. The summed E-state index contributed by atoms with van der Waals surface area (Å²) in [5, 5.41) is 3.00. The molecule has 0 aliphatic carbocycles. The number of hydrogen-bond acceptors (Lipinski definition) is 8. The van der Waals surface area contributed by atoms with E-state index in [1.807, 2.05) is 6.92 Å². The minimum Gasteiger partial charge on any atom is -0.490 e. The van der Waals surface area contributed by atoms with E-state index in [0.717, 1.165) is 10.5 Å². The molecule has 1 aliphatic rings. The van der Waals surface area contributed by atoms with Crippen molar-refractivity contribution in [3.05, 3.63) is 91.3 Å². The van der Waals surface area contributed by atoms with Gasteiger partial charge in [-0.1, -0.05) is 46.9 Å². The topological polar surface area (TPSA) is 111 Å². The second kappa shape index (κ2) is 14.7. The number of imide groups is 1. The number of nitrogens with zero attached hydrogens (tertiary/aromatic N) is 1. The monoisotopic (exact) mass is 662 g/mol. The van der Waals surface area contributed by atoms with Gasteiger partial charge in [-0.3, -0.25) is 19.3 Å². The van der Waals surface area contributed by atoms with Crippen LogP contribution in [0.25, 0.3) is 6.08 Å². The van der Waals surface area contributed by atoms with Crippen LogP contribution in [0, 0.1) is 0 Å². The van der Waals surface area contributed by atoms with E-state index < -0.39 is 29.6 Å². The maximum atomic E-state index is 13.0. The van der Waals surface area contributed by atoms with E-state index in [-0.39, 0.29) is 34.4 Å². The van der Waals surface area contributed by atoms with Gasteiger partial charge in [-0.25, -0.2) is 4.79 Å². The number of hydrogen-bond donors (Lipinski definition) is 1. The summed E-state index contributed by atoms with van der Waals surface area (Å²) in [7, 11) is 0. The molecule has 0 aromatic heterocycles. The van der Waals surface area contributed by atoms with E-state index in [9.17, 15) is 19.2 Å². The van der Waals surface area contributed by atoms with Crippen LogP contribution in [-0.2, 0) is 20.9 Å². The van der Waals surface area contributed by atoms with E-state index in [1.165, 1.54) is 18.2 Å². The van der Waals surface area contributed by atoms with Crippen molar-refractivity contribution in [3.63, 3.8) is 0 Å². The number of halogens is 3. The van der Waals surface area contributed by atoms with E-state index in [2.05, 4.69) is 5.32 Å². The molecule has 9 nitrogen and oxygen atoms in total. The van der Waals surface area contributed by atoms with Gasteiger partial charge in [0.25, 0.3) is 11.1 Å². The summed E-state index contributed by atoms with van der Waals surface area (Å²) in [6.45, 7) is 3.71. The number of thioether (sulfide) groups is 1. The lowest BCUT2D eigenvalue weighted by Gasteiger charge is -2.14. The Labute approximate surface area is 267 Å². The summed E-state index contributed by atoms with van der Waals surface area (Å²) in [6.07, 6.45) is 1.54. The predicted octanol–water partition coefficient (Wildman–Crippen LogP) is 7.48. The van der Waals surface area contributed by atoms with Crippen LogP contribution >= 0.6 is 46.6 Å². The highest BCUT2D eigenvalue weighted by atomic mass is 35.5. The van der Waals surface area contributed by atoms with Gasteiger partial charge in [0.1, 0.15) is 13.2 Å². The third-order valence-corrected chi connectivity index (χ3v) is 7.84. The zero-order chi connectivity index (χ0) is 31.1. The lowest BCUT2D eigenvalue weighted by Crippen LogP contribution is -2.36. The van der Waals surface area contributed by atoms with Crippen molar-refractivity contribution in [1.82, 2.24) is 4.90 Å². The number of benzene rings is 3. The SMILES string of the molecule is CCOC(=O)c1cc(NC(=O)CN2C(=O)S/C(=C/c3ccc(OCc4ccc(Cl)c(Cl)c4)c(OCC)c3)C2=O)ccc1Cl. The first-order valence-corrected chi connectivity index (χ1v) is 14.9. The second-order valence-corrected chi connectivity index (χ2v) is 11.1. The van der Waals surface area contributed by atoms with Crippen LogP contribution in [0.1, 0.15) is 35.3 Å². The summed E-state index contributed by atoms with van der Waals surface area (Å²) in [5.41, 5.74) is 1.74. The standard InChI is InChI=1S/C30H25Cl3N2O7S/c1-3-40-25-12-17(6-10-24(25)42-16-18-5-8-22(32)23(33)11-18)13-26-28(37)35(30(39)43-26)15-27(36)34-19-7-9-21(31)20(14-19)29(38)41-4-2/h5-14H,3-4,15-16H2,1-2H3,(H,34,36)/b26-13+. The van der Waals surface area contributed by atoms with Gasteiger partial charge >= 0.3 is 5.97 Å². The number of amides is 3. The third kappa shape index (κ3) is 8.23. The van der Waals surface area contributed by atoms with E-state index in [1.54, 1.807) is 49.4 Å². The van der Waals surface area contributed by atoms with Crippen molar-refractivity contribution in [2.75, 3.05) is 25.1 Å². The molecule has 224 valence electrons. The zero-order valence-electron chi connectivity index (χ0n) is 22.9. The summed E-state index contributed by atoms with van der Waals surface area (Å²) in [4.78, 5) is 51.4. The molecule has 0 saturated carbocycles. The Morgan fingerprint density at radius 2 is 1.65 bits per heavy atom. The van der Waals surface area contributed by atoms with Crippen molar-refractivity contribution in [2.24, 2.45) is 0 Å². The molecule has 3 amide bonds. The summed E-state index contributed by atoms with van der Waals surface area (Å²) < 4.78 is 16.6. The Kier molecular flexibility index (Phi) is 11.0. The molecule has 0 atom stereocenters. The number of carbonyl (C=O) groups excluding carboxylic acids is 4. The summed E-state index contributed by atoms with van der Waals surface area (Å²) in [5.74, 6) is -0.976. The molecule has 3 aromatic carbocycles. The van der Waals surface area contributed by atoms with Gasteiger partial charge in [-0.05, 0) is 85.3 Å². The highest BCUT2D eigenvalue weighted by Crippen LogP contribution is 2.35. The van der Waals surface area contributed by atoms with Crippen LogP contribution in [0.4, 0.5) is 10.5 Å². The molecule has 0 spiro atoms. The third-order valence-electron chi connectivity index (χ3n) is 5.86. The molecule has 1 saturated heterocycles. The van der Waals surface area contributed by atoms with E-state index in [0.29, 0.717) is 45.5 Å². The van der Waals surface area contributed by atoms with Crippen LogP contribution < -0.4 is 14.8 Å². The minimum absolute atomic E-state index is 0.0765. The van der Waals surface area contributed by atoms with Crippen molar-refractivity contribution in [3.8, 4) is 11.5 Å². The molecule has 0 radical (unpaired) electrons. The average Bonchev–Trinajstić information content (AvgIpc) is 3.22. The van der Waals surface area contributed by atoms with Gasteiger partial charge in [-0.2, -0.15) is 0 Å². The fraction of sp³-hybridized carbons (Fsp3) is 0.200. The van der Waals surface area contributed by atoms with Gasteiger partial charge in [-0.15, -0.1) is 0 Å². The largest absolute Gasteiger partial charge is 0.490 e. The maximum Gasteiger partial charge on any atom is 0.339 e. The first-order valence-electron chi connectivity index (χ1n) is 12.9. The molecule has 4 rings (SSSR count). The fourth-order valence-electron chi connectivity index (χ4n) is 3.89. The molecular weight excluding hydrogens is 639 g/mol. The summed E-state index contributed by atoms with van der Waals surface area (Å²) >= 11 is 18.8. The number of ether oxygens (including phenoxy) is 3. The van der Waals surface area contributed by atoms with Gasteiger partial charge in [0, 0.05) is 5.69 Å². The average molecular weight is 664 g/mol. The Morgan fingerprint density at radius 3 is 2.37 bits per heavy atom. The molecule has 13 heteroatoms. The Hall–Kier alpha value is -3.70. The Balaban J connectivity index is 1.43.